The summed E-state index contributed by atoms with van der Waals surface area (Å²) in [5, 5.41) is 3.01. The molecule has 4 rings (SSSR count). The molecule has 2 heterocycles. The Labute approximate surface area is 165 Å². The van der Waals surface area contributed by atoms with E-state index in [2.05, 4.69) is 5.32 Å². The lowest BCUT2D eigenvalue weighted by Gasteiger charge is -2.25. The maximum atomic E-state index is 12.8. The zero-order valence-corrected chi connectivity index (χ0v) is 16.7. The van der Waals surface area contributed by atoms with Gasteiger partial charge < -0.3 is 24.4 Å². The van der Waals surface area contributed by atoms with Crippen LogP contribution in [0.3, 0.4) is 0 Å². The molecule has 1 aromatic rings. The van der Waals surface area contributed by atoms with Crippen LogP contribution >= 0.6 is 0 Å². The highest BCUT2D eigenvalue weighted by molar-refractivity contribution is 5.79. The van der Waals surface area contributed by atoms with Gasteiger partial charge in [0.1, 0.15) is 5.60 Å². The van der Waals surface area contributed by atoms with E-state index in [1.54, 1.807) is 0 Å². The van der Waals surface area contributed by atoms with E-state index in [9.17, 15) is 9.59 Å². The number of hydrogen-bond donors (Lipinski definition) is 1. The first-order chi connectivity index (χ1) is 13.3. The van der Waals surface area contributed by atoms with Gasteiger partial charge in [-0.3, -0.25) is 4.79 Å². The number of ether oxygens (including phenoxy) is 3. The zero-order chi connectivity index (χ0) is 19.9. The quantitative estimate of drug-likeness (QED) is 0.862. The molecule has 152 valence electrons. The molecule has 1 aromatic carbocycles. The van der Waals surface area contributed by atoms with Crippen molar-refractivity contribution in [2.75, 3.05) is 19.9 Å². The minimum Gasteiger partial charge on any atom is -0.454 e. The van der Waals surface area contributed by atoms with Crippen LogP contribution in [-0.4, -0.2) is 48.4 Å². The number of alkyl carbamates (subject to hydrolysis) is 1. The van der Waals surface area contributed by atoms with Gasteiger partial charge in [-0.15, -0.1) is 0 Å². The normalized spacial score (nSPS) is 25.5. The van der Waals surface area contributed by atoms with Crippen molar-refractivity contribution in [2.24, 2.45) is 11.8 Å². The summed E-state index contributed by atoms with van der Waals surface area (Å²) in [7, 11) is 0. The second-order valence-electron chi connectivity index (χ2n) is 8.92. The van der Waals surface area contributed by atoms with E-state index in [1.165, 1.54) is 0 Å². The average Bonchev–Trinajstić information content (AvgIpc) is 3.29. The summed E-state index contributed by atoms with van der Waals surface area (Å²) in [6.07, 6.45) is 1.95. The smallest absolute Gasteiger partial charge is 0.407 e. The fraction of sp³-hybridized carbons (Fsp3) is 0.619. The Morgan fingerprint density at radius 1 is 1.18 bits per heavy atom. The zero-order valence-electron chi connectivity index (χ0n) is 16.7. The summed E-state index contributed by atoms with van der Waals surface area (Å²) >= 11 is 0. The molecule has 0 unspecified atom stereocenters. The van der Waals surface area contributed by atoms with Crippen molar-refractivity contribution in [3.05, 3.63) is 23.8 Å². The van der Waals surface area contributed by atoms with Gasteiger partial charge in [-0.1, -0.05) is 6.07 Å². The van der Waals surface area contributed by atoms with Gasteiger partial charge in [0.15, 0.2) is 11.5 Å². The number of nitrogens with zero attached hydrogens (tertiary/aromatic N) is 1. The van der Waals surface area contributed by atoms with Crippen molar-refractivity contribution in [2.45, 2.75) is 51.7 Å². The van der Waals surface area contributed by atoms with Gasteiger partial charge >= 0.3 is 6.09 Å². The number of carbonyl (C=O) groups excluding carboxylic acids is 2. The molecule has 0 spiro atoms. The molecule has 7 heteroatoms. The van der Waals surface area contributed by atoms with E-state index in [0.29, 0.717) is 30.6 Å². The summed E-state index contributed by atoms with van der Waals surface area (Å²) in [6.45, 7) is 7.26. The van der Waals surface area contributed by atoms with Crippen molar-refractivity contribution in [1.29, 1.82) is 0 Å². The first kappa shape index (κ1) is 18.9. The third kappa shape index (κ3) is 4.03. The molecule has 2 aliphatic heterocycles. The van der Waals surface area contributed by atoms with Gasteiger partial charge in [-0.05, 0) is 57.2 Å². The summed E-state index contributed by atoms with van der Waals surface area (Å²) in [5.41, 5.74) is 0.416. The molecule has 1 aliphatic carbocycles. The Balaban J connectivity index is 1.33. The lowest BCUT2D eigenvalue weighted by Crippen LogP contribution is -2.42. The first-order valence-corrected chi connectivity index (χ1v) is 9.94. The van der Waals surface area contributed by atoms with Gasteiger partial charge in [0.2, 0.25) is 12.7 Å². The second kappa shape index (κ2) is 7.18. The van der Waals surface area contributed by atoms with Crippen molar-refractivity contribution < 1.29 is 23.8 Å². The van der Waals surface area contributed by atoms with E-state index in [-0.39, 0.29) is 24.8 Å². The molecule has 3 aliphatic rings. The van der Waals surface area contributed by atoms with Crippen LogP contribution in [0.4, 0.5) is 4.79 Å². The molecule has 1 saturated heterocycles. The van der Waals surface area contributed by atoms with Crippen LogP contribution in [0.2, 0.25) is 0 Å². The molecule has 7 nitrogen and oxygen atoms in total. The molecule has 0 radical (unpaired) electrons. The van der Waals surface area contributed by atoms with Crippen LogP contribution in [0, 0.1) is 11.8 Å². The van der Waals surface area contributed by atoms with Crippen LogP contribution in [0.25, 0.3) is 0 Å². The number of amides is 2. The van der Waals surface area contributed by atoms with Crippen LogP contribution in [-0.2, 0) is 16.0 Å². The van der Waals surface area contributed by atoms with Crippen LogP contribution in [0.5, 0.6) is 11.5 Å². The average molecular weight is 388 g/mol. The van der Waals surface area contributed by atoms with Crippen LogP contribution in [0.15, 0.2) is 18.2 Å². The van der Waals surface area contributed by atoms with Gasteiger partial charge in [-0.2, -0.15) is 0 Å². The van der Waals surface area contributed by atoms with Gasteiger partial charge in [0.05, 0.1) is 6.42 Å². The van der Waals surface area contributed by atoms with Crippen LogP contribution in [0.1, 0.15) is 39.2 Å². The monoisotopic (exact) mass is 388 g/mol. The Kier molecular flexibility index (Phi) is 4.85. The third-order valence-corrected chi connectivity index (χ3v) is 5.70. The van der Waals surface area contributed by atoms with E-state index in [1.807, 2.05) is 43.9 Å². The molecule has 2 fully saturated rings. The maximum Gasteiger partial charge on any atom is 0.407 e. The number of rotatable bonds is 3. The molecule has 3 atom stereocenters. The number of fused-ring (bicyclic) bond motifs is 2. The van der Waals surface area contributed by atoms with Crippen LogP contribution < -0.4 is 14.8 Å². The largest absolute Gasteiger partial charge is 0.454 e. The summed E-state index contributed by atoms with van der Waals surface area (Å²) in [5.74, 6) is 2.28. The summed E-state index contributed by atoms with van der Waals surface area (Å²) < 4.78 is 16.1. The molecule has 2 amide bonds. The van der Waals surface area contributed by atoms with Crippen molar-refractivity contribution in [3.8, 4) is 11.5 Å². The Bertz CT molecular complexity index is 773. The topological polar surface area (TPSA) is 77.1 Å². The van der Waals surface area contributed by atoms with Crippen molar-refractivity contribution >= 4 is 12.0 Å². The third-order valence-electron chi connectivity index (χ3n) is 5.70. The first-order valence-electron chi connectivity index (χ1n) is 9.94. The SMILES string of the molecule is CC(C)(C)OC(=O)N[C@@H]1CC[C@@H]2CN(C(=O)Cc3ccc4c(c3)OCO4)C[C@H]21. The number of nitrogens with one attached hydrogen (secondary N) is 1. The standard InChI is InChI=1S/C21H28N2O5/c1-21(2,3)28-20(25)22-16-6-5-14-10-23(11-15(14)16)19(24)9-13-4-7-17-18(8-13)27-12-26-17/h4,7-8,14-16H,5-6,9-12H2,1-3H3,(H,22,25)/t14-,15-,16-/m1/s1. The highest BCUT2D eigenvalue weighted by Crippen LogP contribution is 2.39. The van der Waals surface area contributed by atoms with Crippen molar-refractivity contribution in [3.63, 3.8) is 0 Å². The highest BCUT2D eigenvalue weighted by Gasteiger charge is 2.44. The lowest BCUT2D eigenvalue weighted by molar-refractivity contribution is -0.129. The van der Waals surface area contributed by atoms with E-state index < -0.39 is 5.60 Å². The second-order valence-corrected chi connectivity index (χ2v) is 8.92. The predicted molar refractivity (Wildman–Crippen MR) is 102 cm³/mol. The summed E-state index contributed by atoms with van der Waals surface area (Å²) in [4.78, 5) is 26.9. The summed E-state index contributed by atoms with van der Waals surface area (Å²) in [6, 6.07) is 5.71. The fourth-order valence-electron chi connectivity index (χ4n) is 4.44. The molecule has 1 saturated carbocycles. The van der Waals surface area contributed by atoms with Gasteiger partial charge in [0.25, 0.3) is 0 Å². The maximum absolute atomic E-state index is 12.8. The Morgan fingerprint density at radius 3 is 2.75 bits per heavy atom. The van der Waals surface area contributed by atoms with E-state index in [4.69, 9.17) is 14.2 Å². The Hall–Kier alpha value is -2.44. The van der Waals surface area contributed by atoms with Crippen molar-refractivity contribution in [1.82, 2.24) is 10.2 Å². The van der Waals surface area contributed by atoms with E-state index >= 15 is 0 Å². The molecule has 1 N–H and O–H groups in total. The number of carbonyl (C=O) groups is 2. The predicted octanol–water partition coefficient (Wildman–Crippen LogP) is 2.72. The minimum atomic E-state index is -0.510. The van der Waals surface area contributed by atoms with E-state index in [0.717, 1.165) is 30.7 Å². The number of benzene rings is 1. The fourth-order valence-corrected chi connectivity index (χ4v) is 4.44. The van der Waals surface area contributed by atoms with Gasteiger partial charge in [0, 0.05) is 25.0 Å². The number of likely N-dealkylation sites (tertiary alicyclic amines) is 1. The lowest BCUT2D eigenvalue weighted by atomic mass is 9.98. The molecule has 0 aromatic heterocycles. The molecule has 28 heavy (non-hydrogen) atoms. The molecule has 0 bridgehead atoms. The minimum absolute atomic E-state index is 0.0724. The Morgan fingerprint density at radius 2 is 1.96 bits per heavy atom. The molecular formula is C21H28N2O5. The molecular weight excluding hydrogens is 360 g/mol. The number of hydrogen-bond acceptors (Lipinski definition) is 5. The van der Waals surface area contributed by atoms with Gasteiger partial charge in [-0.25, -0.2) is 4.79 Å². The highest BCUT2D eigenvalue weighted by atomic mass is 16.7.